The largest absolute Gasteiger partial charge is 0.378 e. The van der Waals surface area contributed by atoms with E-state index in [9.17, 15) is 0 Å². The standard InChI is InChI=1S/C9H18N4O/c1-2-9-8-14-7-6-13(9)5-3-4-11-12-10/h9H,2-8H2,1H3. The average Bonchev–Trinajstić information content (AvgIpc) is 2.25. The highest BCUT2D eigenvalue weighted by molar-refractivity contribution is 4.73. The van der Waals surface area contributed by atoms with Gasteiger partial charge in [-0.25, -0.2) is 0 Å². The van der Waals surface area contributed by atoms with Crippen LogP contribution < -0.4 is 0 Å². The third kappa shape index (κ3) is 3.54. The fourth-order valence-corrected chi connectivity index (χ4v) is 1.75. The molecule has 1 fully saturated rings. The van der Waals surface area contributed by atoms with Crippen LogP contribution in [0.4, 0.5) is 0 Å². The molecule has 0 aromatic carbocycles. The molecular formula is C9H18N4O. The Balaban J connectivity index is 2.22. The van der Waals surface area contributed by atoms with Gasteiger partial charge in [-0.05, 0) is 24.9 Å². The molecule has 1 aliphatic rings. The predicted molar refractivity (Wildman–Crippen MR) is 55.1 cm³/mol. The van der Waals surface area contributed by atoms with E-state index < -0.39 is 0 Å². The first kappa shape index (κ1) is 11.3. The molecule has 1 unspecified atom stereocenters. The SMILES string of the molecule is CCC1COCCN1CCCN=[N+]=[N-]. The van der Waals surface area contributed by atoms with Crippen LogP contribution in [0.5, 0.6) is 0 Å². The van der Waals surface area contributed by atoms with Crippen molar-refractivity contribution in [3.05, 3.63) is 10.4 Å². The number of morpholine rings is 1. The molecule has 14 heavy (non-hydrogen) atoms. The van der Waals surface area contributed by atoms with Gasteiger partial charge < -0.3 is 4.74 Å². The lowest BCUT2D eigenvalue weighted by Crippen LogP contribution is -2.45. The molecule has 1 rings (SSSR count). The van der Waals surface area contributed by atoms with E-state index in [2.05, 4.69) is 21.8 Å². The maximum atomic E-state index is 8.13. The summed E-state index contributed by atoms with van der Waals surface area (Å²) in [6.45, 7) is 6.48. The van der Waals surface area contributed by atoms with E-state index in [1.165, 1.54) is 0 Å². The molecule has 80 valence electrons. The molecule has 0 aromatic heterocycles. The Bertz CT molecular complexity index is 203. The molecule has 1 heterocycles. The number of nitrogens with zero attached hydrogens (tertiary/aromatic N) is 4. The Morgan fingerprint density at radius 3 is 3.21 bits per heavy atom. The molecule has 0 amide bonds. The molecule has 0 spiro atoms. The van der Waals surface area contributed by atoms with E-state index >= 15 is 0 Å². The molecule has 1 saturated heterocycles. The van der Waals surface area contributed by atoms with Crippen LogP contribution in [0.2, 0.25) is 0 Å². The summed E-state index contributed by atoms with van der Waals surface area (Å²) in [6.07, 6.45) is 2.07. The molecule has 1 atom stereocenters. The number of hydrogen-bond donors (Lipinski definition) is 0. The van der Waals surface area contributed by atoms with Gasteiger partial charge in [0.2, 0.25) is 0 Å². The van der Waals surface area contributed by atoms with Crippen LogP contribution in [0, 0.1) is 0 Å². The van der Waals surface area contributed by atoms with E-state index in [4.69, 9.17) is 10.3 Å². The van der Waals surface area contributed by atoms with Gasteiger partial charge >= 0.3 is 0 Å². The van der Waals surface area contributed by atoms with E-state index in [0.717, 1.165) is 39.1 Å². The minimum atomic E-state index is 0.551. The zero-order valence-electron chi connectivity index (χ0n) is 8.72. The van der Waals surface area contributed by atoms with Gasteiger partial charge in [-0.2, -0.15) is 0 Å². The van der Waals surface area contributed by atoms with Crippen molar-refractivity contribution in [2.24, 2.45) is 5.11 Å². The Labute approximate surface area is 84.7 Å². The maximum Gasteiger partial charge on any atom is 0.0622 e. The van der Waals surface area contributed by atoms with Crippen LogP contribution in [0.15, 0.2) is 5.11 Å². The molecular weight excluding hydrogens is 180 g/mol. The van der Waals surface area contributed by atoms with Crippen molar-refractivity contribution >= 4 is 0 Å². The van der Waals surface area contributed by atoms with Gasteiger partial charge in [0.1, 0.15) is 0 Å². The van der Waals surface area contributed by atoms with Crippen molar-refractivity contribution in [3.63, 3.8) is 0 Å². The van der Waals surface area contributed by atoms with Crippen molar-refractivity contribution < 1.29 is 4.74 Å². The quantitative estimate of drug-likeness (QED) is 0.292. The highest BCUT2D eigenvalue weighted by atomic mass is 16.5. The molecule has 0 bridgehead atoms. The summed E-state index contributed by atoms with van der Waals surface area (Å²) in [4.78, 5) is 5.17. The van der Waals surface area contributed by atoms with E-state index in [1.54, 1.807) is 0 Å². The van der Waals surface area contributed by atoms with Crippen LogP contribution in [0.25, 0.3) is 10.4 Å². The summed E-state index contributed by atoms with van der Waals surface area (Å²) >= 11 is 0. The van der Waals surface area contributed by atoms with Gasteiger partial charge in [0, 0.05) is 24.0 Å². The van der Waals surface area contributed by atoms with Crippen LogP contribution in [0.1, 0.15) is 19.8 Å². The number of ether oxygens (including phenoxy) is 1. The van der Waals surface area contributed by atoms with E-state index in [-0.39, 0.29) is 0 Å². The Hall–Kier alpha value is -0.770. The highest BCUT2D eigenvalue weighted by Gasteiger charge is 2.20. The van der Waals surface area contributed by atoms with Crippen LogP contribution in [-0.4, -0.2) is 43.8 Å². The minimum absolute atomic E-state index is 0.551. The number of hydrogen-bond acceptors (Lipinski definition) is 3. The fourth-order valence-electron chi connectivity index (χ4n) is 1.75. The maximum absolute atomic E-state index is 8.13. The lowest BCUT2D eigenvalue weighted by Gasteiger charge is -2.34. The predicted octanol–water partition coefficient (Wildman–Crippen LogP) is 1.80. The second kappa shape index (κ2) is 6.65. The van der Waals surface area contributed by atoms with Crippen molar-refractivity contribution in [1.82, 2.24) is 4.90 Å². The normalized spacial score (nSPS) is 23.1. The van der Waals surface area contributed by atoms with Gasteiger partial charge in [-0.1, -0.05) is 12.0 Å². The zero-order valence-corrected chi connectivity index (χ0v) is 8.72. The lowest BCUT2D eigenvalue weighted by molar-refractivity contribution is -0.00863. The first-order chi connectivity index (χ1) is 6.88. The van der Waals surface area contributed by atoms with Gasteiger partial charge in [-0.15, -0.1) is 0 Å². The van der Waals surface area contributed by atoms with E-state index in [1.807, 2.05) is 0 Å². The molecule has 0 aliphatic carbocycles. The summed E-state index contributed by atoms with van der Waals surface area (Å²) in [7, 11) is 0. The van der Waals surface area contributed by atoms with Crippen LogP contribution in [-0.2, 0) is 4.74 Å². The summed E-state index contributed by atoms with van der Waals surface area (Å²) in [6, 6.07) is 0.551. The minimum Gasteiger partial charge on any atom is -0.378 e. The zero-order chi connectivity index (χ0) is 10.2. The molecule has 0 saturated carbocycles. The van der Waals surface area contributed by atoms with Crippen molar-refractivity contribution in [2.45, 2.75) is 25.8 Å². The summed E-state index contributed by atoms with van der Waals surface area (Å²) in [5.41, 5.74) is 8.13. The fraction of sp³-hybridized carbons (Fsp3) is 1.00. The second-order valence-electron chi connectivity index (χ2n) is 3.48. The lowest BCUT2D eigenvalue weighted by atomic mass is 10.1. The monoisotopic (exact) mass is 198 g/mol. The Kier molecular flexibility index (Phi) is 5.37. The van der Waals surface area contributed by atoms with Crippen molar-refractivity contribution in [3.8, 4) is 0 Å². The topological polar surface area (TPSA) is 61.2 Å². The first-order valence-electron chi connectivity index (χ1n) is 5.21. The number of azide groups is 1. The third-order valence-electron chi connectivity index (χ3n) is 2.59. The second-order valence-corrected chi connectivity index (χ2v) is 3.48. The molecule has 5 nitrogen and oxygen atoms in total. The summed E-state index contributed by atoms with van der Waals surface area (Å²) < 4.78 is 5.41. The molecule has 5 heteroatoms. The molecule has 1 aliphatic heterocycles. The first-order valence-corrected chi connectivity index (χ1v) is 5.21. The molecule has 0 radical (unpaired) electrons. The highest BCUT2D eigenvalue weighted by Crippen LogP contribution is 2.10. The van der Waals surface area contributed by atoms with Gasteiger partial charge in [-0.3, -0.25) is 4.90 Å². The Morgan fingerprint density at radius 1 is 1.64 bits per heavy atom. The van der Waals surface area contributed by atoms with Gasteiger partial charge in [0.05, 0.1) is 13.2 Å². The summed E-state index contributed by atoms with van der Waals surface area (Å²) in [5.74, 6) is 0. The van der Waals surface area contributed by atoms with Gasteiger partial charge in [0.15, 0.2) is 0 Å². The van der Waals surface area contributed by atoms with Crippen LogP contribution in [0.3, 0.4) is 0 Å². The van der Waals surface area contributed by atoms with Crippen molar-refractivity contribution in [2.75, 3.05) is 32.8 Å². The van der Waals surface area contributed by atoms with Crippen LogP contribution >= 0.6 is 0 Å². The molecule has 0 aromatic rings. The van der Waals surface area contributed by atoms with Gasteiger partial charge in [0.25, 0.3) is 0 Å². The van der Waals surface area contributed by atoms with Crippen molar-refractivity contribution in [1.29, 1.82) is 0 Å². The number of rotatable bonds is 5. The van der Waals surface area contributed by atoms with E-state index in [0.29, 0.717) is 12.6 Å². The Morgan fingerprint density at radius 2 is 2.50 bits per heavy atom. The smallest absolute Gasteiger partial charge is 0.0622 e. The third-order valence-corrected chi connectivity index (χ3v) is 2.59. The average molecular weight is 198 g/mol. The summed E-state index contributed by atoms with van der Waals surface area (Å²) in [5, 5.41) is 3.53. The molecule has 0 N–H and O–H groups in total.